The maximum absolute atomic E-state index is 13.7. The van der Waals surface area contributed by atoms with Gasteiger partial charge in [0.1, 0.15) is 11.5 Å². The number of nitrogens with zero attached hydrogens (tertiary/aromatic N) is 3. The molecule has 0 spiro atoms. The van der Waals surface area contributed by atoms with Gasteiger partial charge in [0.15, 0.2) is 5.96 Å². The molecule has 8 N–H and O–H groups in total. The van der Waals surface area contributed by atoms with Crippen LogP contribution in [0.3, 0.4) is 0 Å². The maximum atomic E-state index is 13.7. The largest absolute Gasteiger partial charge is 0.370 e. The molecule has 0 aliphatic carbocycles. The topological polar surface area (TPSA) is 153 Å². The minimum atomic E-state index is -0.301. The number of aliphatic imine (C=N–C) groups is 1. The van der Waals surface area contributed by atoms with Crippen molar-refractivity contribution in [2.75, 3.05) is 13.1 Å². The lowest BCUT2D eigenvalue weighted by Gasteiger charge is -2.20. The number of aromatic nitrogens is 3. The summed E-state index contributed by atoms with van der Waals surface area (Å²) in [7, 11) is 0. The van der Waals surface area contributed by atoms with Crippen LogP contribution >= 0.6 is 0 Å². The Morgan fingerprint density at radius 1 is 1.00 bits per heavy atom. The minimum absolute atomic E-state index is 0.0352. The molecule has 0 amide bonds. The third-order valence-electron chi connectivity index (χ3n) is 7.63. The van der Waals surface area contributed by atoms with Gasteiger partial charge in [0.2, 0.25) is 0 Å². The van der Waals surface area contributed by atoms with Crippen molar-refractivity contribution in [2.45, 2.75) is 97.6 Å². The van der Waals surface area contributed by atoms with E-state index in [4.69, 9.17) is 17.2 Å². The summed E-state index contributed by atoms with van der Waals surface area (Å²) >= 11 is 0. The molecule has 0 fully saturated rings. The number of benzene rings is 2. The molecular weight excluding hydrogens is 579 g/mol. The smallest absolute Gasteiger partial charge is 0.354 e. The van der Waals surface area contributed by atoms with Gasteiger partial charge in [-0.1, -0.05) is 65.8 Å². The summed E-state index contributed by atoms with van der Waals surface area (Å²) in [5.74, 6) is 0.0196. The molecule has 4 aromatic rings. The summed E-state index contributed by atoms with van der Waals surface area (Å²) in [6.07, 6.45) is 5.76. The molecule has 0 saturated heterocycles. The highest BCUT2D eigenvalue weighted by Crippen LogP contribution is 2.27. The van der Waals surface area contributed by atoms with Crippen molar-refractivity contribution < 1.29 is 4.39 Å². The molecule has 0 radical (unpaired) electrons. The second-order valence-corrected chi connectivity index (χ2v) is 14.1. The average molecular weight is 633 g/mol. The zero-order valence-corrected chi connectivity index (χ0v) is 28.6. The van der Waals surface area contributed by atoms with E-state index in [-0.39, 0.29) is 34.3 Å². The van der Waals surface area contributed by atoms with E-state index in [9.17, 15) is 9.18 Å². The lowest BCUT2D eigenvalue weighted by atomic mass is 9.85. The number of hydrogen-bond acceptors (Lipinski definition) is 5. The second kappa shape index (κ2) is 16.0. The van der Waals surface area contributed by atoms with Gasteiger partial charge in [-0.15, -0.1) is 0 Å². The molecule has 0 bridgehead atoms. The highest BCUT2D eigenvalue weighted by molar-refractivity contribution is 5.76. The Bertz CT molecular complexity index is 1640. The summed E-state index contributed by atoms with van der Waals surface area (Å²) < 4.78 is 15.3. The summed E-state index contributed by atoms with van der Waals surface area (Å²) in [6, 6.07) is 15.6. The minimum Gasteiger partial charge on any atom is -0.370 e. The van der Waals surface area contributed by atoms with Gasteiger partial charge in [0, 0.05) is 41.8 Å². The highest BCUT2D eigenvalue weighted by Gasteiger charge is 2.19. The first kappa shape index (κ1) is 36.4. The van der Waals surface area contributed by atoms with Crippen molar-refractivity contribution in [2.24, 2.45) is 22.2 Å². The third kappa shape index (κ3) is 11.1. The summed E-state index contributed by atoms with van der Waals surface area (Å²) in [4.78, 5) is 23.9. The van der Waals surface area contributed by atoms with Gasteiger partial charge in [-0.05, 0) is 85.5 Å². The number of guanidine groups is 1. The standard InChI is InChI=1S/C21H29N7O.C15H24FN/c1-21(2,3)17-11-15-13-28(20(29)27-18(15)26-17)16-7-5-14(6-8-16)12-24-9-4-10-25-19(22)23;1-11(17)6-5-7-12-8-9-14(16)13(10-12)15(2,3)4/h5-8,11,13,24H,4,9-10,12H2,1-3H3,(H4,22,23,25)(H,26,27,29);8-11H,5-7,17H2,1-4H3/t;11-/m.1/s1. The molecule has 2 aromatic heterocycles. The zero-order valence-electron chi connectivity index (χ0n) is 28.6. The zero-order chi connectivity index (χ0) is 34.1. The van der Waals surface area contributed by atoms with Crippen molar-refractivity contribution in [1.82, 2.24) is 19.9 Å². The lowest BCUT2D eigenvalue weighted by molar-refractivity contribution is 0.521. The molecule has 46 heavy (non-hydrogen) atoms. The second-order valence-electron chi connectivity index (χ2n) is 14.1. The number of fused-ring (bicyclic) bond motifs is 1. The van der Waals surface area contributed by atoms with Gasteiger partial charge in [0.05, 0.1) is 5.69 Å². The number of aryl methyl sites for hydroxylation is 1. The van der Waals surface area contributed by atoms with Gasteiger partial charge in [0.25, 0.3) is 0 Å². The fraction of sp³-hybridized carbons (Fsp3) is 0.472. The SMILES string of the molecule is CC(C)(C)c1cc2cn(-c3ccc(CNCCCN=C(N)N)cc3)c(=O)nc2[nH]1.C[C@@H](N)CCCc1ccc(F)c(C(C)(C)C)c1. The molecule has 1 atom stereocenters. The number of hydrogen-bond donors (Lipinski definition) is 5. The van der Waals surface area contributed by atoms with Gasteiger partial charge < -0.3 is 27.5 Å². The Labute approximate surface area is 272 Å². The lowest BCUT2D eigenvalue weighted by Crippen LogP contribution is -2.23. The first-order chi connectivity index (χ1) is 21.5. The molecule has 10 heteroatoms. The number of nitrogens with one attached hydrogen (secondary N) is 2. The van der Waals surface area contributed by atoms with Gasteiger partial charge in [-0.25, -0.2) is 9.18 Å². The van der Waals surface area contributed by atoms with Crippen LogP contribution in [0.15, 0.2) is 64.5 Å². The van der Waals surface area contributed by atoms with Crippen molar-refractivity contribution >= 4 is 17.0 Å². The Morgan fingerprint density at radius 2 is 1.67 bits per heavy atom. The van der Waals surface area contributed by atoms with Crippen LogP contribution in [0.1, 0.15) is 90.1 Å². The monoisotopic (exact) mass is 632 g/mol. The normalized spacial score (nSPS) is 12.5. The Balaban J connectivity index is 0.000000289. The summed E-state index contributed by atoms with van der Waals surface area (Å²) in [5.41, 5.74) is 21.5. The Morgan fingerprint density at radius 3 is 2.28 bits per heavy atom. The molecular formula is C36H53FN8O. The summed E-state index contributed by atoms with van der Waals surface area (Å²) in [6.45, 7) is 16.7. The predicted octanol–water partition coefficient (Wildman–Crippen LogP) is 5.56. The van der Waals surface area contributed by atoms with Gasteiger partial charge in [-0.2, -0.15) is 4.98 Å². The van der Waals surface area contributed by atoms with Gasteiger partial charge >= 0.3 is 5.69 Å². The maximum Gasteiger partial charge on any atom is 0.354 e. The first-order valence-corrected chi connectivity index (χ1v) is 16.1. The van der Waals surface area contributed by atoms with Crippen molar-refractivity contribution in [3.8, 4) is 5.69 Å². The van der Waals surface area contributed by atoms with E-state index in [0.29, 0.717) is 12.2 Å². The Kier molecular flexibility index (Phi) is 12.7. The van der Waals surface area contributed by atoms with Crippen LogP contribution < -0.4 is 28.2 Å². The highest BCUT2D eigenvalue weighted by atomic mass is 19.1. The van der Waals surface area contributed by atoms with E-state index in [2.05, 4.69) is 47.1 Å². The molecule has 9 nitrogen and oxygen atoms in total. The fourth-order valence-corrected chi connectivity index (χ4v) is 4.93. The number of rotatable bonds is 11. The van der Waals surface area contributed by atoms with Crippen LogP contribution in [0.2, 0.25) is 0 Å². The van der Waals surface area contributed by atoms with E-state index >= 15 is 0 Å². The number of nitrogens with two attached hydrogens (primary N) is 3. The van der Waals surface area contributed by atoms with E-state index in [1.54, 1.807) is 10.6 Å². The van der Waals surface area contributed by atoms with E-state index < -0.39 is 0 Å². The molecule has 0 aliphatic heterocycles. The predicted molar refractivity (Wildman–Crippen MR) is 189 cm³/mol. The van der Waals surface area contributed by atoms with Crippen LogP contribution in [-0.4, -0.2) is 39.6 Å². The molecule has 250 valence electrons. The van der Waals surface area contributed by atoms with Crippen LogP contribution in [0.25, 0.3) is 16.7 Å². The Hall–Kier alpha value is -4.02. The van der Waals surface area contributed by atoms with Crippen LogP contribution in [0, 0.1) is 5.82 Å². The molecule has 0 unspecified atom stereocenters. The molecule has 0 saturated carbocycles. The molecule has 2 aromatic carbocycles. The van der Waals surface area contributed by atoms with Crippen LogP contribution in [0.4, 0.5) is 4.39 Å². The summed E-state index contributed by atoms with van der Waals surface area (Å²) in [5, 5.41) is 4.27. The number of H-pyrrole nitrogens is 1. The molecule has 4 rings (SSSR count). The third-order valence-corrected chi connectivity index (χ3v) is 7.63. The fourth-order valence-electron chi connectivity index (χ4n) is 4.93. The van der Waals surface area contributed by atoms with Crippen molar-refractivity contribution in [3.63, 3.8) is 0 Å². The van der Waals surface area contributed by atoms with E-state index in [0.717, 1.165) is 66.7 Å². The number of aromatic amines is 1. The van der Waals surface area contributed by atoms with Crippen molar-refractivity contribution in [3.05, 3.63) is 93.4 Å². The van der Waals surface area contributed by atoms with E-state index in [1.165, 1.54) is 5.56 Å². The van der Waals surface area contributed by atoms with Crippen molar-refractivity contribution in [1.29, 1.82) is 0 Å². The first-order valence-electron chi connectivity index (χ1n) is 16.1. The van der Waals surface area contributed by atoms with E-state index in [1.807, 2.05) is 70.3 Å². The van der Waals surface area contributed by atoms with Gasteiger partial charge in [-0.3, -0.25) is 9.56 Å². The van der Waals surface area contributed by atoms with Crippen LogP contribution in [-0.2, 0) is 23.8 Å². The quantitative estimate of drug-likeness (QED) is 0.0829. The van der Waals surface area contributed by atoms with Crippen LogP contribution in [0.5, 0.6) is 0 Å². The average Bonchev–Trinajstić information content (AvgIpc) is 3.39. The molecule has 0 aliphatic rings. The number of halogens is 1. The molecule has 2 heterocycles.